The van der Waals surface area contributed by atoms with Crippen LogP contribution in [0, 0.1) is 0 Å². The van der Waals surface area contributed by atoms with E-state index in [0.29, 0.717) is 27.8 Å². The average molecular weight is 414 g/mol. The molecule has 4 rings (SSSR count). The number of nitrogens with two attached hydrogens (primary N) is 2. The van der Waals surface area contributed by atoms with Gasteiger partial charge in [0, 0.05) is 11.1 Å². The van der Waals surface area contributed by atoms with Crippen LogP contribution in [0.1, 0.15) is 40.0 Å². The van der Waals surface area contributed by atoms with E-state index in [9.17, 15) is 5.11 Å². The maximum atomic E-state index is 10.8. The number of rotatable bonds is 4. The van der Waals surface area contributed by atoms with Crippen LogP contribution in [0.15, 0.2) is 60.7 Å². The van der Waals surface area contributed by atoms with Crippen LogP contribution in [-0.4, -0.2) is 11.7 Å². The maximum absolute atomic E-state index is 10.8. The predicted octanol–water partition coefficient (Wildman–Crippen LogP) is 4.06. The standard InChI is InChI=1S/C23H22Cl2N2O/c24-19-11-16(12-20(25)22(19)26)21(28)13-27-23-17-7-3-1-5-14(17)9-10-15-6-2-4-8-18(15)23/h1-8,11-12,21,23,27-28H,9-10,13,26H2/p+1/t21-/m1/s1. The molecule has 0 saturated heterocycles. The van der Waals surface area contributed by atoms with E-state index in [1.807, 2.05) is 0 Å². The minimum Gasteiger partial charge on any atom is -0.396 e. The highest BCUT2D eigenvalue weighted by Gasteiger charge is 2.27. The first-order valence-corrected chi connectivity index (χ1v) is 10.2. The number of halogens is 2. The molecule has 28 heavy (non-hydrogen) atoms. The van der Waals surface area contributed by atoms with E-state index in [2.05, 4.69) is 53.8 Å². The second-order valence-electron chi connectivity index (χ2n) is 7.26. The van der Waals surface area contributed by atoms with Gasteiger partial charge in [-0.15, -0.1) is 0 Å². The first-order chi connectivity index (χ1) is 13.5. The molecule has 5 N–H and O–H groups in total. The number of aliphatic hydroxyl groups is 1. The van der Waals surface area contributed by atoms with Gasteiger partial charge in [-0.25, -0.2) is 0 Å². The largest absolute Gasteiger partial charge is 0.396 e. The Balaban J connectivity index is 1.62. The molecule has 1 aliphatic rings. The van der Waals surface area contributed by atoms with Gasteiger partial charge in [-0.3, -0.25) is 0 Å². The lowest BCUT2D eigenvalue weighted by atomic mass is 9.94. The van der Waals surface area contributed by atoms with Crippen molar-refractivity contribution in [1.29, 1.82) is 0 Å². The number of hydrogen-bond donors (Lipinski definition) is 3. The van der Waals surface area contributed by atoms with Crippen molar-refractivity contribution in [3.05, 3.63) is 98.5 Å². The number of aliphatic hydroxyl groups excluding tert-OH is 1. The van der Waals surface area contributed by atoms with Crippen LogP contribution in [0.4, 0.5) is 5.69 Å². The van der Waals surface area contributed by atoms with Crippen molar-refractivity contribution >= 4 is 28.9 Å². The third-order valence-corrected chi connectivity index (χ3v) is 6.15. The van der Waals surface area contributed by atoms with E-state index in [1.54, 1.807) is 12.1 Å². The predicted molar refractivity (Wildman–Crippen MR) is 115 cm³/mol. The summed E-state index contributed by atoms with van der Waals surface area (Å²) >= 11 is 12.3. The third-order valence-electron chi connectivity index (χ3n) is 5.53. The van der Waals surface area contributed by atoms with Gasteiger partial charge in [0.05, 0.1) is 15.7 Å². The number of hydrogen-bond acceptors (Lipinski definition) is 2. The van der Waals surface area contributed by atoms with Crippen LogP contribution in [-0.2, 0) is 12.8 Å². The van der Waals surface area contributed by atoms with Gasteiger partial charge in [-0.1, -0.05) is 71.7 Å². The topological polar surface area (TPSA) is 62.9 Å². The summed E-state index contributed by atoms with van der Waals surface area (Å²) in [6.07, 6.45) is 1.37. The zero-order valence-corrected chi connectivity index (χ0v) is 16.9. The Kier molecular flexibility index (Phi) is 5.61. The Morgan fingerprint density at radius 1 is 0.929 bits per heavy atom. The highest BCUT2D eigenvalue weighted by atomic mass is 35.5. The van der Waals surface area contributed by atoms with Crippen LogP contribution in [0.3, 0.4) is 0 Å². The molecule has 0 bridgehead atoms. The van der Waals surface area contributed by atoms with Crippen LogP contribution in [0.5, 0.6) is 0 Å². The van der Waals surface area contributed by atoms with E-state index >= 15 is 0 Å². The highest BCUT2D eigenvalue weighted by molar-refractivity contribution is 6.38. The van der Waals surface area contributed by atoms with Gasteiger partial charge < -0.3 is 16.2 Å². The Bertz CT molecular complexity index is 935. The first-order valence-electron chi connectivity index (χ1n) is 9.46. The van der Waals surface area contributed by atoms with Gasteiger partial charge in [-0.2, -0.15) is 0 Å². The number of aryl methyl sites for hydroxylation is 2. The molecular weight excluding hydrogens is 391 g/mol. The monoisotopic (exact) mass is 413 g/mol. The lowest BCUT2D eigenvalue weighted by molar-refractivity contribution is -0.693. The summed E-state index contributed by atoms with van der Waals surface area (Å²) in [4.78, 5) is 0. The lowest BCUT2D eigenvalue weighted by Crippen LogP contribution is -2.86. The molecule has 3 aromatic carbocycles. The second kappa shape index (κ2) is 8.14. The van der Waals surface area contributed by atoms with Crippen molar-refractivity contribution in [2.45, 2.75) is 25.0 Å². The van der Waals surface area contributed by atoms with E-state index in [4.69, 9.17) is 28.9 Å². The Hall–Kier alpha value is -2.04. The summed E-state index contributed by atoms with van der Waals surface area (Å²) in [5.41, 5.74) is 12.2. The van der Waals surface area contributed by atoms with Gasteiger partial charge in [0.2, 0.25) is 0 Å². The van der Waals surface area contributed by atoms with Crippen molar-refractivity contribution in [2.24, 2.45) is 0 Å². The van der Waals surface area contributed by atoms with Gasteiger partial charge in [0.1, 0.15) is 18.7 Å². The van der Waals surface area contributed by atoms with Crippen molar-refractivity contribution in [2.75, 3.05) is 12.3 Å². The summed E-state index contributed by atoms with van der Waals surface area (Å²) < 4.78 is 0. The van der Waals surface area contributed by atoms with Crippen LogP contribution >= 0.6 is 23.2 Å². The number of benzene rings is 3. The minimum absolute atomic E-state index is 0.143. The molecule has 0 radical (unpaired) electrons. The Morgan fingerprint density at radius 2 is 1.43 bits per heavy atom. The summed E-state index contributed by atoms with van der Waals surface area (Å²) in [5, 5.41) is 13.7. The molecule has 144 valence electrons. The van der Waals surface area contributed by atoms with E-state index in [0.717, 1.165) is 12.8 Å². The smallest absolute Gasteiger partial charge is 0.138 e. The normalized spacial score (nSPS) is 14.8. The molecule has 0 aromatic heterocycles. The van der Waals surface area contributed by atoms with Gasteiger partial charge >= 0.3 is 0 Å². The summed E-state index contributed by atoms with van der Waals surface area (Å²) in [7, 11) is 0. The molecule has 0 unspecified atom stereocenters. The molecule has 3 aromatic rings. The molecular formula is C23H23Cl2N2O+. The molecule has 0 fully saturated rings. The SMILES string of the molecule is Nc1c(Cl)cc([C@H](O)C[NH2+]C2c3ccccc3CCc3ccccc32)cc1Cl. The molecule has 5 heteroatoms. The molecule has 1 atom stereocenters. The summed E-state index contributed by atoms with van der Waals surface area (Å²) in [6.45, 7) is 0.490. The van der Waals surface area contributed by atoms with Crippen molar-refractivity contribution < 1.29 is 10.4 Å². The second-order valence-corrected chi connectivity index (χ2v) is 8.08. The van der Waals surface area contributed by atoms with Gasteiger partial charge in [-0.05, 0) is 41.7 Å². The summed E-state index contributed by atoms with van der Waals surface area (Å²) in [5.74, 6) is 0. The van der Waals surface area contributed by atoms with Crippen LogP contribution in [0.2, 0.25) is 10.0 Å². The zero-order valence-electron chi connectivity index (χ0n) is 15.4. The third kappa shape index (κ3) is 3.76. The fraction of sp³-hybridized carbons (Fsp3) is 0.217. The number of anilines is 1. The molecule has 3 nitrogen and oxygen atoms in total. The van der Waals surface area contributed by atoms with Crippen molar-refractivity contribution in [1.82, 2.24) is 0 Å². The average Bonchev–Trinajstić information content (AvgIpc) is 2.87. The quantitative estimate of drug-likeness (QED) is 0.564. The fourth-order valence-electron chi connectivity index (χ4n) is 4.02. The molecule has 0 amide bonds. The lowest BCUT2D eigenvalue weighted by Gasteiger charge is -2.21. The minimum atomic E-state index is -0.696. The van der Waals surface area contributed by atoms with Gasteiger partial charge in [0.15, 0.2) is 0 Å². The molecule has 0 spiro atoms. The fourth-order valence-corrected chi connectivity index (χ4v) is 4.52. The molecule has 0 heterocycles. The van der Waals surface area contributed by atoms with E-state index in [-0.39, 0.29) is 6.04 Å². The maximum Gasteiger partial charge on any atom is 0.138 e. The number of quaternary nitrogens is 1. The van der Waals surface area contributed by atoms with Crippen molar-refractivity contribution in [3.8, 4) is 0 Å². The Labute approximate surface area is 175 Å². The highest BCUT2D eigenvalue weighted by Crippen LogP contribution is 2.32. The summed E-state index contributed by atoms with van der Waals surface area (Å²) in [6, 6.07) is 20.7. The molecule has 1 aliphatic carbocycles. The molecule has 0 aliphatic heterocycles. The number of nitrogen functional groups attached to an aromatic ring is 1. The molecule has 0 saturated carbocycles. The first kappa shape index (κ1) is 19.3. The van der Waals surface area contributed by atoms with Crippen molar-refractivity contribution in [3.63, 3.8) is 0 Å². The van der Waals surface area contributed by atoms with Crippen LogP contribution < -0.4 is 11.1 Å². The van der Waals surface area contributed by atoms with E-state index < -0.39 is 6.10 Å². The Morgan fingerprint density at radius 3 is 1.96 bits per heavy atom. The van der Waals surface area contributed by atoms with E-state index in [1.165, 1.54) is 22.3 Å². The zero-order chi connectivity index (χ0) is 19.7. The van der Waals surface area contributed by atoms with Gasteiger partial charge in [0.25, 0.3) is 0 Å². The van der Waals surface area contributed by atoms with Crippen LogP contribution in [0.25, 0.3) is 0 Å². The number of fused-ring (bicyclic) bond motifs is 2.